The number of aromatic nitrogens is 8. The van der Waals surface area contributed by atoms with Crippen molar-refractivity contribution >= 4 is 81.5 Å². The zero-order chi connectivity index (χ0) is 70.4. The van der Waals surface area contributed by atoms with E-state index in [9.17, 15) is 8.42 Å². The maximum Gasteiger partial charge on any atom is 0.200 e. The number of sulfone groups is 1. The van der Waals surface area contributed by atoms with Crippen molar-refractivity contribution in [2.45, 2.75) is 214 Å². The number of pyridine rings is 1. The van der Waals surface area contributed by atoms with Gasteiger partial charge in [0.15, 0.2) is 9.84 Å². The number of nitrogens with zero attached hydrogens (tertiary/aromatic N) is 6. The molecule has 0 atom stereocenters. The number of H-pyrrole nitrogens is 2. The largest absolute Gasteiger partial charge is 0.345 e. The molecular weight excluding hydrogens is 1220 g/mol. The molecule has 504 valence electrons. The second kappa shape index (κ2) is 29.3. The molecule has 12 heteroatoms. The van der Waals surface area contributed by atoms with Gasteiger partial charge in [-0.3, -0.25) is 15.0 Å². The number of hydrogen-bond acceptors (Lipinski definition) is 9. The van der Waals surface area contributed by atoms with E-state index in [4.69, 9.17) is 0 Å². The van der Waals surface area contributed by atoms with Gasteiger partial charge < -0.3 is 9.97 Å². The molecular formula is C84H104N8O2S2. The fraction of sp³-hybridized carbons (Fsp3) is 0.381. The van der Waals surface area contributed by atoms with Crippen molar-refractivity contribution in [1.29, 1.82) is 0 Å². The summed E-state index contributed by atoms with van der Waals surface area (Å²) in [5.74, 6) is 1.05. The number of nitrogens with one attached hydrogen (secondary N) is 2. The lowest BCUT2D eigenvalue weighted by atomic mass is 9.83. The Morgan fingerprint density at radius 3 is 1.62 bits per heavy atom. The number of fused-ring (bicyclic) bond motifs is 7. The summed E-state index contributed by atoms with van der Waals surface area (Å²) in [7, 11) is -3.17. The molecule has 10 nitrogen and oxygen atoms in total. The van der Waals surface area contributed by atoms with E-state index in [1.807, 2.05) is 54.7 Å². The number of rotatable bonds is 0. The van der Waals surface area contributed by atoms with E-state index in [2.05, 4.69) is 283 Å². The molecule has 0 bridgehead atoms. The Morgan fingerprint density at radius 2 is 1.00 bits per heavy atom. The summed E-state index contributed by atoms with van der Waals surface area (Å²) < 4.78 is 24.6. The van der Waals surface area contributed by atoms with E-state index in [0.29, 0.717) is 10.3 Å². The average Bonchev–Trinajstić information content (AvgIpc) is 1.61. The molecule has 5 aromatic heterocycles. The molecule has 14 rings (SSSR count). The minimum Gasteiger partial charge on any atom is -0.345 e. The Balaban J connectivity index is 0.000000143. The third-order valence-corrected chi connectivity index (χ3v) is 19.5. The summed E-state index contributed by atoms with van der Waals surface area (Å²) in [4.78, 5) is 33.1. The molecule has 12 aromatic rings. The van der Waals surface area contributed by atoms with Gasteiger partial charge in [0, 0.05) is 34.8 Å². The van der Waals surface area contributed by atoms with Gasteiger partial charge in [0.1, 0.15) is 5.82 Å². The van der Waals surface area contributed by atoms with E-state index in [1.54, 1.807) is 58.9 Å². The standard InChI is InChI=1S/C13H15N.C13H18.C12H14N2.C12H15NS.C12H14O2S.2C11H14N2/c1-13(2,3)11-8-10-6-4-5-7-12(10)14-9-11;1-13(2,3)12-9-5-7-10-6-4-8-11(10)12;1-12(2,3)9-4-5-10-11(8-9)14-7-6-13-10;1-8-13-10-7-9(12(2,3)4)5-6-11(10)14-8;1-12(2,3)10-5-4-9-6-7-15(13,14)11(9)8-10;1-11(2,3)8-4-5-9-10(6-8)13-7-12-9;1-11(2,3)10-12-8-6-4-5-7-9(8)13-10/h4-9H,1-3H3;5,7,9H,4,6,8H2,1-3H3;4-8H,1-3H3;5-7H,1-4H3;4-8H,1-3H3;2*4-7H,1-3H3,(H,12,13). The van der Waals surface area contributed by atoms with Crippen LogP contribution < -0.4 is 0 Å². The van der Waals surface area contributed by atoms with Crippen molar-refractivity contribution in [3.05, 3.63) is 237 Å². The molecule has 96 heavy (non-hydrogen) atoms. The predicted octanol–water partition coefficient (Wildman–Crippen LogP) is 22.3. The molecule has 2 aliphatic rings. The number of aryl methyl sites for hydroxylation is 2. The minimum atomic E-state index is -3.17. The first-order valence-electron chi connectivity index (χ1n) is 33.7. The van der Waals surface area contributed by atoms with E-state index in [1.165, 1.54) is 57.0 Å². The maximum absolute atomic E-state index is 11.6. The highest BCUT2D eigenvalue weighted by atomic mass is 32.2. The normalized spacial score (nSPS) is 13.5. The lowest BCUT2D eigenvalue weighted by Gasteiger charge is -2.22. The first kappa shape index (κ1) is 73.6. The van der Waals surface area contributed by atoms with Gasteiger partial charge in [0.25, 0.3) is 0 Å². The van der Waals surface area contributed by atoms with Gasteiger partial charge in [-0.25, -0.2) is 23.4 Å². The summed E-state index contributed by atoms with van der Waals surface area (Å²) in [5.41, 5.74) is 21.5. The summed E-state index contributed by atoms with van der Waals surface area (Å²) >= 11 is 1.76. The van der Waals surface area contributed by atoms with Gasteiger partial charge in [0.05, 0.1) is 65.1 Å². The third-order valence-electron chi connectivity index (χ3n) is 17.1. The van der Waals surface area contributed by atoms with Crippen molar-refractivity contribution in [2.75, 3.05) is 0 Å². The van der Waals surface area contributed by atoms with Crippen molar-refractivity contribution in [3.63, 3.8) is 0 Å². The van der Waals surface area contributed by atoms with Crippen LogP contribution in [-0.2, 0) is 60.6 Å². The smallest absolute Gasteiger partial charge is 0.200 e. The molecule has 2 N–H and O–H groups in total. The van der Waals surface area contributed by atoms with Crippen LogP contribution in [0, 0.1) is 6.92 Å². The Labute approximate surface area is 577 Å². The zero-order valence-electron chi connectivity index (χ0n) is 61.3. The van der Waals surface area contributed by atoms with E-state index in [0.717, 1.165) is 66.1 Å². The van der Waals surface area contributed by atoms with Gasteiger partial charge in [-0.1, -0.05) is 224 Å². The van der Waals surface area contributed by atoms with E-state index < -0.39 is 9.84 Å². The van der Waals surface area contributed by atoms with Crippen LogP contribution in [0.1, 0.15) is 213 Å². The van der Waals surface area contributed by atoms with Crippen molar-refractivity contribution in [1.82, 2.24) is 39.9 Å². The summed E-state index contributed by atoms with van der Waals surface area (Å²) in [5, 5.41) is 3.63. The summed E-state index contributed by atoms with van der Waals surface area (Å²) in [6.07, 6.45) is 12.7. The SMILES string of the molecule is CC(C)(C)c1ccc2c(c1)S(=O)(=O)C=C2.CC(C)(C)c1ccc2nc[nH]c2c1.CC(C)(C)c1ccc2nccnc2c1.CC(C)(C)c1cccc2c1CCC2.CC(C)(C)c1cnc2ccccc2c1.CC(C)(C)c1nc2ccccc2[nH]1.Cc1nc2cc(C(C)(C)C)ccc2s1. The van der Waals surface area contributed by atoms with Gasteiger partial charge in [-0.05, 0) is 182 Å². The van der Waals surface area contributed by atoms with Crippen molar-refractivity contribution in [2.24, 2.45) is 0 Å². The number of imidazole rings is 2. The van der Waals surface area contributed by atoms with Gasteiger partial charge in [-0.2, -0.15) is 0 Å². The van der Waals surface area contributed by atoms with Crippen LogP contribution in [0.15, 0.2) is 181 Å². The van der Waals surface area contributed by atoms with E-state index >= 15 is 0 Å². The topological polar surface area (TPSA) is 143 Å². The molecule has 0 radical (unpaired) electrons. The van der Waals surface area contributed by atoms with Crippen LogP contribution in [0.25, 0.3) is 60.3 Å². The summed E-state index contributed by atoms with van der Waals surface area (Å²) in [6.45, 7) is 48.2. The second-order valence-corrected chi connectivity index (χ2v) is 35.5. The van der Waals surface area contributed by atoms with Crippen molar-refractivity contribution in [3.8, 4) is 0 Å². The van der Waals surface area contributed by atoms with Gasteiger partial charge in [-0.15, -0.1) is 11.3 Å². The van der Waals surface area contributed by atoms with Crippen LogP contribution in [-0.4, -0.2) is 48.3 Å². The Hall–Kier alpha value is -8.19. The number of para-hydroxylation sites is 3. The zero-order valence-corrected chi connectivity index (χ0v) is 62.9. The molecule has 0 amide bonds. The Bertz CT molecular complexity index is 4630. The van der Waals surface area contributed by atoms with Crippen LogP contribution in [0.4, 0.5) is 0 Å². The average molecular weight is 1320 g/mol. The maximum atomic E-state index is 11.6. The highest BCUT2D eigenvalue weighted by Crippen LogP contribution is 2.35. The molecule has 0 spiro atoms. The molecule has 1 aliphatic carbocycles. The first-order chi connectivity index (χ1) is 44.6. The highest BCUT2D eigenvalue weighted by molar-refractivity contribution is 7.94. The molecule has 0 saturated heterocycles. The van der Waals surface area contributed by atoms with Crippen molar-refractivity contribution < 1.29 is 8.42 Å². The lowest BCUT2D eigenvalue weighted by Crippen LogP contribution is -2.13. The number of benzene rings is 7. The van der Waals surface area contributed by atoms with Crippen LogP contribution in [0.5, 0.6) is 0 Å². The fourth-order valence-corrected chi connectivity index (χ4v) is 13.1. The second-order valence-electron chi connectivity index (χ2n) is 32.5. The number of hydrogen-bond donors (Lipinski definition) is 2. The fourth-order valence-electron chi connectivity index (χ4n) is 11.1. The third kappa shape index (κ3) is 19.5. The number of aromatic amines is 2. The molecule has 1 aliphatic heterocycles. The van der Waals surface area contributed by atoms with E-state index in [-0.39, 0.29) is 32.5 Å². The highest BCUT2D eigenvalue weighted by Gasteiger charge is 2.25. The number of thiazole rings is 1. The quantitative estimate of drug-likeness (QED) is 0.153. The summed E-state index contributed by atoms with van der Waals surface area (Å²) in [6, 6.07) is 50.2. The van der Waals surface area contributed by atoms with Crippen LogP contribution in [0.3, 0.4) is 0 Å². The van der Waals surface area contributed by atoms with Gasteiger partial charge >= 0.3 is 0 Å². The van der Waals surface area contributed by atoms with Crippen LogP contribution >= 0.6 is 11.3 Å². The molecule has 0 saturated carbocycles. The molecule has 0 unspecified atom stereocenters. The van der Waals surface area contributed by atoms with Crippen LogP contribution in [0.2, 0.25) is 0 Å². The molecule has 6 heterocycles. The first-order valence-corrected chi connectivity index (χ1v) is 36.0. The minimum absolute atomic E-state index is 0.0207. The monoisotopic (exact) mass is 1320 g/mol. The molecule has 7 aromatic carbocycles. The van der Waals surface area contributed by atoms with Gasteiger partial charge in [0.2, 0.25) is 0 Å². The lowest BCUT2D eigenvalue weighted by molar-refractivity contribution is 0.554. The Kier molecular flexibility index (Phi) is 22.4. The predicted molar refractivity (Wildman–Crippen MR) is 410 cm³/mol. The molecule has 0 fully saturated rings. The Morgan fingerprint density at radius 1 is 0.438 bits per heavy atom.